The molecule has 0 aliphatic rings. The van der Waals surface area contributed by atoms with Crippen molar-refractivity contribution >= 4 is 22.9 Å². The molecule has 0 atom stereocenters. The molecule has 1 aromatic heterocycles. The van der Waals surface area contributed by atoms with Crippen LogP contribution in [-0.4, -0.2) is 11.9 Å². The molecule has 2 rings (SSSR count). The van der Waals surface area contributed by atoms with Gasteiger partial charge in [-0.3, -0.25) is 4.79 Å². The number of esters is 1. The first-order valence-corrected chi connectivity index (χ1v) is 5.52. The van der Waals surface area contributed by atoms with Crippen molar-refractivity contribution in [2.75, 3.05) is 0 Å². The molecule has 2 aromatic rings. The first-order chi connectivity index (χ1) is 9.02. The molecule has 6 nitrogen and oxygen atoms in total. The summed E-state index contributed by atoms with van der Waals surface area (Å²) in [4.78, 5) is 33.4. The zero-order valence-corrected chi connectivity index (χ0v) is 9.97. The van der Waals surface area contributed by atoms with Gasteiger partial charge in [0.2, 0.25) is 0 Å². The van der Waals surface area contributed by atoms with Crippen LogP contribution in [0.15, 0.2) is 33.5 Å². The first-order valence-electron chi connectivity index (χ1n) is 5.52. The average molecular weight is 261 g/mol. The molecule has 0 N–H and O–H groups in total. The monoisotopic (exact) mass is 261 g/mol. The highest BCUT2D eigenvalue weighted by atomic mass is 16.5. The molecule has 0 aliphatic carbocycles. The first kappa shape index (κ1) is 12.8. The Balaban J connectivity index is 2.63. The highest BCUT2D eigenvalue weighted by molar-refractivity contribution is 5.92. The van der Waals surface area contributed by atoms with E-state index in [2.05, 4.69) is 0 Å². The van der Waals surface area contributed by atoms with Gasteiger partial charge in [-0.1, -0.05) is 19.1 Å². The van der Waals surface area contributed by atoms with Crippen LogP contribution in [0.3, 0.4) is 0 Å². The molecule has 6 heteroatoms. The molecule has 0 aliphatic heterocycles. The topological polar surface area (TPSA) is 96.6 Å². The largest absolute Gasteiger partial charge is 0.545 e. The molecule has 0 saturated heterocycles. The van der Waals surface area contributed by atoms with Crippen molar-refractivity contribution in [2.24, 2.45) is 0 Å². The molecular formula is C13H9O6-. The summed E-state index contributed by atoms with van der Waals surface area (Å²) < 4.78 is 9.87. The average Bonchev–Trinajstić information content (AvgIpc) is 2.38. The summed E-state index contributed by atoms with van der Waals surface area (Å²) in [6, 6.07) is 5.67. The minimum absolute atomic E-state index is 0.0271. The summed E-state index contributed by atoms with van der Waals surface area (Å²) in [6.07, 6.45) is 0.164. The fourth-order valence-corrected chi connectivity index (χ4v) is 1.54. The van der Waals surface area contributed by atoms with Gasteiger partial charge in [0.25, 0.3) is 0 Å². The standard InChI is InChI=1S/C13H10O6/c1-2-10(14)18-9-5-3-4-7-6-8(12(15)16)13(17)19-11(7)9/h3-6H,2H2,1H3,(H,15,16)/p-1. The van der Waals surface area contributed by atoms with Crippen LogP contribution in [0.25, 0.3) is 11.0 Å². The predicted octanol–water partition coefficient (Wildman–Crippen LogP) is 0.472. The van der Waals surface area contributed by atoms with E-state index >= 15 is 0 Å². The van der Waals surface area contributed by atoms with E-state index in [0.29, 0.717) is 5.39 Å². The highest BCUT2D eigenvalue weighted by Crippen LogP contribution is 2.25. The lowest BCUT2D eigenvalue weighted by atomic mass is 10.2. The van der Waals surface area contributed by atoms with Crippen LogP contribution >= 0.6 is 0 Å². The van der Waals surface area contributed by atoms with E-state index in [1.165, 1.54) is 12.1 Å². The van der Waals surface area contributed by atoms with E-state index in [0.717, 1.165) is 6.07 Å². The number of hydrogen-bond donors (Lipinski definition) is 0. The smallest absolute Gasteiger partial charge is 0.345 e. The molecule has 1 heterocycles. The number of rotatable bonds is 3. The van der Waals surface area contributed by atoms with Crippen LogP contribution in [0, 0.1) is 0 Å². The molecule has 0 spiro atoms. The van der Waals surface area contributed by atoms with Gasteiger partial charge in [0.1, 0.15) is 0 Å². The van der Waals surface area contributed by atoms with Crippen molar-refractivity contribution in [2.45, 2.75) is 13.3 Å². The zero-order valence-electron chi connectivity index (χ0n) is 9.97. The van der Waals surface area contributed by atoms with Crippen molar-refractivity contribution in [3.05, 3.63) is 40.2 Å². The number of carboxylic acid groups (broad SMARTS) is 1. The molecule has 98 valence electrons. The SMILES string of the molecule is CCC(=O)Oc1cccc2cc(C(=O)[O-])c(=O)oc12. The predicted molar refractivity (Wildman–Crippen MR) is 62.7 cm³/mol. The number of ether oxygens (including phenoxy) is 1. The number of fused-ring (bicyclic) bond motifs is 1. The van der Waals surface area contributed by atoms with Crippen molar-refractivity contribution in [1.29, 1.82) is 0 Å². The third-order valence-corrected chi connectivity index (χ3v) is 2.46. The Labute approximate surface area is 107 Å². The summed E-state index contributed by atoms with van der Waals surface area (Å²) >= 11 is 0. The summed E-state index contributed by atoms with van der Waals surface area (Å²) in [5.74, 6) is -2.03. The Morgan fingerprint density at radius 2 is 2.11 bits per heavy atom. The van der Waals surface area contributed by atoms with Gasteiger partial charge in [0.05, 0.1) is 11.5 Å². The maximum Gasteiger partial charge on any atom is 0.345 e. The van der Waals surface area contributed by atoms with Crippen LogP contribution in [0.2, 0.25) is 0 Å². The van der Waals surface area contributed by atoms with Gasteiger partial charge in [0, 0.05) is 11.8 Å². The lowest BCUT2D eigenvalue weighted by Crippen LogP contribution is -2.28. The molecule has 0 saturated carbocycles. The number of carbonyl (C=O) groups is 2. The molecule has 0 fully saturated rings. The molecule has 19 heavy (non-hydrogen) atoms. The Morgan fingerprint density at radius 3 is 2.74 bits per heavy atom. The normalized spacial score (nSPS) is 10.4. The summed E-state index contributed by atoms with van der Waals surface area (Å²) in [5, 5.41) is 11.1. The minimum atomic E-state index is -1.62. The Hall–Kier alpha value is -2.63. The molecular weight excluding hydrogens is 252 g/mol. The lowest BCUT2D eigenvalue weighted by molar-refractivity contribution is -0.255. The second-order valence-electron chi connectivity index (χ2n) is 3.74. The Kier molecular flexibility index (Phi) is 3.33. The van der Waals surface area contributed by atoms with E-state index in [1.54, 1.807) is 13.0 Å². The van der Waals surface area contributed by atoms with Crippen molar-refractivity contribution in [1.82, 2.24) is 0 Å². The highest BCUT2D eigenvalue weighted by Gasteiger charge is 2.12. The number of aromatic carboxylic acids is 1. The lowest BCUT2D eigenvalue weighted by Gasteiger charge is -2.07. The molecule has 0 unspecified atom stereocenters. The van der Waals surface area contributed by atoms with Gasteiger partial charge >= 0.3 is 11.6 Å². The van der Waals surface area contributed by atoms with Crippen LogP contribution in [-0.2, 0) is 4.79 Å². The van der Waals surface area contributed by atoms with Crippen LogP contribution in [0.5, 0.6) is 5.75 Å². The second kappa shape index (κ2) is 4.93. The van der Waals surface area contributed by atoms with E-state index < -0.39 is 23.1 Å². The number of benzene rings is 1. The zero-order chi connectivity index (χ0) is 14.0. The fourth-order valence-electron chi connectivity index (χ4n) is 1.54. The van der Waals surface area contributed by atoms with Crippen LogP contribution < -0.4 is 15.5 Å². The van der Waals surface area contributed by atoms with Crippen molar-refractivity contribution in [3.8, 4) is 5.75 Å². The van der Waals surface area contributed by atoms with E-state index in [1.807, 2.05) is 0 Å². The Bertz CT molecular complexity index is 713. The van der Waals surface area contributed by atoms with E-state index in [9.17, 15) is 19.5 Å². The minimum Gasteiger partial charge on any atom is -0.545 e. The van der Waals surface area contributed by atoms with Crippen molar-refractivity contribution < 1.29 is 23.8 Å². The molecule has 1 aromatic carbocycles. The molecule has 0 radical (unpaired) electrons. The molecule has 0 amide bonds. The maximum absolute atomic E-state index is 11.5. The summed E-state index contributed by atoms with van der Waals surface area (Å²) in [5.41, 5.74) is -1.60. The third-order valence-electron chi connectivity index (χ3n) is 2.46. The van der Waals surface area contributed by atoms with E-state index in [-0.39, 0.29) is 17.8 Å². The second-order valence-corrected chi connectivity index (χ2v) is 3.74. The number of carbonyl (C=O) groups excluding carboxylic acids is 2. The van der Waals surface area contributed by atoms with Gasteiger partial charge < -0.3 is 19.1 Å². The summed E-state index contributed by atoms with van der Waals surface area (Å²) in [7, 11) is 0. The van der Waals surface area contributed by atoms with Gasteiger partial charge in [-0.25, -0.2) is 4.79 Å². The van der Waals surface area contributed by atoms with Gasteiger partial charge in [0.15, 0.2) is 11.3 Å². The van der Waals surface area contributed by atoms with Gasteiger partial charge in [-0.2, -0.15) is 0 Å². The van der Waals surface area contributed by atoms with Crippen LogP contribution in [0.4, 0.5) is 0 Å². The van der Waals surface area contributed by atoms with Crippen LogP contribution in [0.1, 0.15) is 23.7 Å². The van der Waals surface area contributed by atoms with Gasteiger partial charge in [-0.05, 0) is 12.1 Å². The maximum atomic E-state index is 11.5. The van der Waals surface area contributed by atoms with Crippen molar-refractivity contribution in [3.63, 3.8) is 0 Å². The van der Waals surface area contributed by atoms with E-state index in [4.69, 9.17) is 9.15 Å². The third kappa shape index (κ3) is 2.47. The Morgan fingerprint density at radius 1 is 1.37 bits per heavy atom. The number of para-hydroxylation sites is 1. The fraction of sp³-hybridized carbons (Fsp3) is 0.154. The quantitative estimate of drug-likeness (QED) is 0.452. The summed E-state index contributed by atoms with van der Waals surface area (Å²) in [6.45, 7) is 1.62. The molecule has 0 bridgehead atoms. The number of hydrogen-bond acceptors (Lipinski definition) is 6. The van der Waals surface area contributed by atoms with Gasteiger partial charge in [-0.15, -0.1) is 0 Å². The number of carboxylic acids is 1.